The van der Waals surface area contributed by atoms with E-state index in [0.29, 0.717) is 5.56 Å². The van der Waals surface area contributed by atoms with Gasteiger partial charge < -0.3 is 10.2 Å². The molecule has 0 heterocycles. The van der Waals surface area contributed by atoms with Crippen molar-refractivity contribution in [2.24, 2.45) is 0 Å². The minimum Gasteiger partial charge on any atom is -0.505 e. The number of hydrogen-bond donors (Lipinski definition) is 2. The summed E-state index contributed by atoms with van der Waals surface area (Å²) in [5.74, 6) is -3.38. The molecule has 23 heavy (non-hydrogen) atoms. The van der Waals surface area contributed by atoms with Gasteiger partial charge in [0.05, 0.1) is 0 Å². The summed E-state index contributed by atoms with van der Waals surface area (Å²) in [7, 11) is 0. The SMILES string of the molecule is Oc1cccc(C(c2ccccc2)c2cccc(O)c2F)c1F. The van der Waals surface area contributed by atoms with Gasteiger partial charge in [0.15, 0.2) is 23.1 Å². The molecule has 4 heteroatoms. The Morgan fingerprint density at radius 3 is 1.57 bits per heavy atom. The molecule has 0 unspecified atom stereocenters. The summed E-state index contributed by atoms with van der Waals surface area (Å²) < 4.78 is 28.8. The van der Waals surface area contributed by atoms with E-state index in [4.69, 9.17) is 0 Å². The Kier molecular flexibility index (Phi) is 3.98. The number of phenolic OH excluding ortho intramolecular Hbond substituents is 2. The van der Waals surface area contributed by atoms with Crippen LogP contribution in [0.1, 0.15) is 22.6 Å². The maximum atomic E-state index is 14.4. The van der Waals surface area contributed by atoms with Crippen molar-refractivity contribution in [3.63, 3.8) is 0 Å². The summed E-state index contributed by atoms with van der Waals surface area (Å²) >= 11 is 0. The highest BCUT2D eigenvalue weighted by Crippen LogP contribution is 2.38. The minimum absolute atomic E-state index is 0.140. The van der Waals surface area contributed by atoms with Crippen LogP contribution < -0.4 is 0 Å². The second-order valence-electron chi connectivity index (χ2n) is 5.20. The molecule has 3 rings (SSSR count). The largest absolute Gasteiger partial charge is 0.505 e. The number of rotatable bonds is 3. The van der Waals surface area contributed by atoms with Crippen LogP contribution in [0.2, 0.25) is 0 Å². The predicted molar refractivity (Wildman–Crippen MR) is 83.5 cm³/mol. The van der Waals surface area contributed by atoms with Gasteiger partial charge >= 0.3 is 0 Å². The average Bonchev–Trinajstić information content (AvgIpc) is 2.56. The molecule has 0 bridgehead atoms. The first kappa shape index (κ1) is 15.0. The Bertz CT molecular complexity index is 781. The van der Waals surface area contributed by atoms with Crippen LogP contribution in [0.3, 0.4) is 0 Å². The van der Waals surface area contributed by atoms with Gasteiger partial charge in [-0.15, -0.1) is 0 Å². The third-order valence-electron chi connectivity index (χ3n) is 3.77. The van der Waals surface area contributed by atoms with E-state index >= 15 is 0 Å². The number of hydrogen-bond acceptors (Lipinski definition) is 2. The Hall–Kier alpha value is -2.88. The van der Waals surface area contributed by atoms with E-state index in [1.165, 1.54) is 36.4 Å². The zero-order chi connectivity index (χ0) is 16.4. The molecule has 0 aliphatic carbocycles. The van der Waals surface area contributed by atoms with Crippen molar-refractivity contribution in [1.82, 2.24) is 0 Å². The van der Waals surface area contributed by atoms with Gasteiger partial charge in [-0.25, -0.2) is 8.78 Å². The second-order valence-corrected chi connectivity index (χ2v) is 5.20. The van der Waals surface area contributed by atoms with E-state index in [2.05, 4.69) is 0 Å². The molecule has 0 amide bonds. The van der Waals surface area contributed by atoms with Gasteiger partial charge in [0.1, 0.15) is 0 Å². The van der Waals surface area contributed by atoms with Gasteiger partial charge in [0, 0.05) is 17.0 Å². The number of benzene rings is 3. The molecular formula is C19H14F2O2. The normalized spacial score (nSPS) is 10.9. The Labute approximate surface area is 132 Å². The summed E-state index contributed by atoms with van der Waals surface area (Å²) in [5.41, 5.74) is 0.933. The lowest BCUT2D eigenvalue weighted by molar-refractivity contribution is 0.423. The Morgan fingerprint density at radius 2 is 1.09 bits per heavy atom. The molecule has 0 aliphatic rings. The maximum Gasteiger partial charge on any atom is 0.168 e. The van der Waals surface area contributed by atoms with Crippen molar-refractivity contribution in [3.05, 3.63) is 95.1 Å². The van der Waals surface area contributed by atoms with Crippen LogP contribution in [-0.2, 0) is 0 Å². The molecule has 0 aromatic heterocycles. The van der Waals surface area contributed by atoms with E-state index in [1.807, 2.05) is 0 Å². The van der Waals surface area contributed by atoms with E-state index < -0.39 is 29.1 Å². The summed E-state index contributed by atoms with van der Waals surface area (Å²) in [4.78, 5) is 0. The van der Waals surface area contributed by atoms with Gasteiger partial charge in [0.25, 0.3) is 0 Å². The molecule has 0 radical (unpaired) electrons. The predicted octanol–water partition coefficient (Wildman–Crippen LogP) is 4.56. The van der Waals surface area contributed by atoms with E-state index in [1.54, 1.807) is 30.3 Å². The number of aromatic hydroxyl groups is 2. The van der Waals surface area contributed by atoms with Crippen molar-refractivity contribution >= 4 is 0 Å². The fourth-order valence-corrected chi connectivity index (χ4v) is 2.69. The summed E-state index contributed by atoms with van der Waals surface area (Å²) in [6.07, 6.45) is 0. The molecule has 0 fully saturated rings. The molecule has 0 spiro atoms. The first-order chi connectivity index (χ1) is 11.1. The summed E-state index contributed by atoms with van der Waals surface area (Å²) in [6, 6.07) is 17.3. The molecule has 2 nitrogen and oxygen atoms in total. The second kappa shape index (κ2) is 6.08. The Morgan fingerprint density at radius 1 is 0.609 bits per heavy atom. The first-order valence-corrected chi connectivity index (χ1v) is 7.09. The number of phenols is 2. The van der Waals surface area contributed by atoms with Gasteiger partial charge in [0.2, 0.25) is 0 Å². The molecule has 0 saturated carbocycles. The van der Waals surface area contributed by atoms with Crippen molar-refractivity contribution < 1.29 is 19.0 Å². The smallest absolute Gasteiger partial charge is 0.168 e. The Balaban J connectivity index is 2.27. The molecular weight excluding hydrogens is 298 g/mol. The average molecular weight is 312 g/mol. The highest BCUT2D eigenvalue weighted by molar-refractivity contribution is 5.48. The molecule has 2 N–H and O–H groups in total. The lowest BCUT2D eigenvalue weighted by Crippen LogP contribution is -2.08. The van der Waals surface area contributed by atoms with E-state index in [-0.39, 0.29) is 11.1 Å². The fraction of sp³-hybridized carbons (Fsp3) is 0.0526. The van der Waals surface area contributed by atoms with Crippen LogP contribution >= 0.6 is 0 Å². The minimum atomic E-state index is -0.802. The van der Waals surface area contributed by atoms with Gasteiger partial charge in [-0.2, -0.15) is 0 Å². The summed E-state index contributed by atoms with van der Waals surface area (Å²) in [5, 5.41) is 19.3. The van der Waals surface area contributed by atoms with Crippen molar-refractivity contribution in [2.45, 2.75) is 5.92 Å². The monoisotopic (exact) mass is 312 g/mol. The van der Waals surface area contributed by atoms with E-state index in [0.717, 1.165) is 0 Å². The van der Waals surface area contributed by atoms with Crippen LogP contribution in [-0.4, -0.2) is 10.2 Å². The molecule has 0 aliphatic heterocycles. The third kappa shape index (κ3) is 2.75. The van der Waals surface area contributed by atoms with Crippen LogP contribution in [0.15, 0.2) is 66.7 Å². The van der Waals surface area contributed by atoms with Crippen LogP contribution in [0.4, 0.5) is 8.78 Å². The highest BCUT2D eigenvalue weighted by Gasteiger charge is 2.25. The van der Waals surface area contributed by atoms with E-state index in [9.17, 15) is 19.0 Å². The molecule has 116 valence electrons. The zero-order valence-corrected chi connectivity index (χ0v) is 12.1. The molecule has 3 aromatic rings. The van der Waals surface area contributed by atoms with Gasteiger partial charge in [-0.3, -0.25) is 0 Å². The quantitative estimate of drug-likeness (QED) is 0.696. The topological polar surface area (TPSA) is 40.5 Å². The van der Waals surface area contributed by atoms with Crippen LogP contribution in [0, 0.1) is 11.6 Å². The zero-order valence-electron chi connectivity index (χ0n) is 12.1. The lowest BCUT2D eigenvalue weighted by Gasteiger charge is -2.20. The highest BCUT2D eigenvalue weighted by atomic mass is 19.1. The fourth-order valence-electron chi connectivity index (χ4n) is 2.69. The van der Waals surface area contributed by atoms with Crippen molar-refractivity contribution in [2.75, 3.05) is 0 Å². The van der Waals surface area contributed by atoms with Crippen LogP contribution in [0.25, 0.3) is 0 Å². The third-order valence-corrected chi connectivity index (χ3v) is 3.77. The molecule has 3 aromatic carbocycles. The molecule has 0 atom stereocenters. The van der Waals surface area contributed by atoms with Crippen molar-refractivity contribution in [3.8, 4) is 11.5 Å². The standard InChI is InChI=1S/C19H14F2O2/c20-18-13(8-4-10-15(18)22)17(12-6-2-1-3-7-12)14-9-5-11-16(23)19(14)21/h1-11,17,22-23H. The number of halogens is 2. The lowest BCUT2D eigenvalue weighted by atomic mass is 9.84. The van der Waals surface area contributed by atoms with Gasteiger partial charge in [-0.1, -0.05) is 54.6 Å². The molecule has 0 saturated heterocycles. The van der Waals surface area contributed by atoms with Gasteiger partial charge in [-0.05, 0) is 17.7 Å². The maximum absolute atomic E-state index is 14.4. The summed E-state index contributed by atoms with van der Waals surface area (Å²) in [6.45, 7) is 0. The van der Waals surface area contributed by atoms with Crippen molar-refractivity contribution in [1.29, 1.82) is 0 Å². The first-order valence-electron chi connectivity index (χ1n) is 7.09. The van der Waals surface area contributed by atoms with Crippen LogP contribution in [0.5, 0.6) is 11.5 Å².